The summed E-state index contributed by atoms with van der Waals surface area (Å²) < 4.78 is 35.6. The third-order valence-electron chi connectivity index (χ3n) is 1.79. The third kappa shape index (κ3) is 3.53. The van der Waals surface area contributed by atoms with Gasteiger partial charge in [-0.1, -0.05) is 6.92 Å². The lowest BCUT2D eigenvalue weighted by molar-refractivity contribution is 0.252. The largest absolute Gasteiger partial charge is 0.471 e. The predicted molar refractivity (Wildman–Crippen MR) is 55.1 cm³/mol. The molecule has 0 aliphatic carbocycles. The third-order valence-corrected chi connectivity index (χ3v) is 2.88. The minimum atomic E-state index is -4.18. The first-order chi connectivity index (χ1) is 6.93. The molecule has 1 unspecified atom stereocenters. The van der Waals surface area contributed by atoms with Crippen molar-refractivity contribution in [1.82, 2.24) is 0 Å². The second-order valence-electron chi connectivity index (χ2n) is 3.10. The molecule has 1 aromatic rings. The fourth-order valence-corrected chi connectivity index (χ4v) is 1.65. The quantitative estimate of drug-likeness (QED) is 0.795. The first-order valence-electron chi connectivity index (χ1n) is 4.46. The second kappa shape index (κ2) is 4.63. The number of hydrogen-bond donors (Lipinski definition) is 1. The first-order valence-corrected chi connectivity index (χ1v) is 5.96. The van der Waals surface area contributed by atoms with Gasteiger partial charge in [-0.3, -0.25) is 4.55 Å². The Balaban J connectivity index is 2.80. The van der Waals surface area contributed by atoms with Crippen molar-refractivity contribution in [3.8, 4) is 5.75 Å². The summed E-state index contributed by atoms with van der Waals surface area (Å²) in [7, 11) is -4.18. The normalized spacial score (nSPS) is 13.5. The maximum absolute atomic E-state index is 10.8. The molecule has 82 valence electrons. The van der Waals surface area contributed by atoms with Crippen molar-refractivity contribution in [3.05, 3.63) is 29.8 Å². The Labute approximate surface area is 89.6 Å². The fraction of sp³-hybridized carbons (Fsp3) is 0.400. The van der Waals surface area contributed by atoms with Gasteiger partial charge in [0, 0.05) is 6.07 Å². The Hall–Kier alpha value is -1.07. The highest BCUT2D eigenvalue weighted by Gasteiger charge is 2.22. The van der Waals surface area contributed by atoms with Crippen molar-refractivity contribution in [1.29, 1.82) is 0 Å². The maximum Gasteiger partial charge on any atom is 0.303 e. The van der Waals surface area contributed by atoms with E-state index in [2.05, 4.69) is 12.1 Å². The lowest BCUT2D eigenvalue weighted by Gasteiger charge is -2.13. The van der Waals surface area contributed by atoms with Gasteiger partial charge in [-0.05, 0) is 37.1 Å². The average Bonchev–Trinajstić information content (AvgIpc) is 2.15. The highest BCUT2D eigenvalue weighted by molar-refractivity contribution is 7.86. The zero-order chi connectivity index (χ0) is 11.5. The Kier molecular flexibility index (Phi) is 3.71. The molecule has 0 saturated carbocycles. The van der Waals surface area contributed by atoms with Crippen LogP contribution in [0.25, 0.3) is 0 Å². The lowest BCUT2D eigenvalue weighted by Crippen LogP contribution is -2.26. The van der Waals surface area contributed by atoms with Crippen LogP contribution >= 0.6 is 0 Å². The van der Waals surface area contributed by atoms with Gasteiger partial charge < -0.3 is 4.74 Å². The van der Waals surface area contributed by atoms with Gasteiger partial charge in [-0.15, -0.1) is 0 Å². The van der Waals surface area contributed by atoms with Crippen LogP contribution in [-0.4, -0.2) is 18.4 Å². The van der Waals surface area contributed by atoms with Gasteiger partial charge in [-0.25, -0.2) is 0 Å². The number of ether oxygens (including phenoxy) is 1. The van der Waals surface area contributed by atoms with Crippen LogP contribution in [0, 0.1) is 19.1 Å². The van der Waals surface area contributed by atoms with Crippen LogP contribution in [0.4, 0.5) is 0 Å². The predicted octanol–water partition coefficient (Wildman–Crippen LogP) is 1.60. The monoisotopic (exact) mass is 228 g/mol. The minimum absolute atomic E-state index is 0.167. The standard InChI is InChI=1S/C10H12O4S/c1-3-10(15(11,12)13)14-9-6-4-8(2)5-7-9/h4,7,10H,3H2,1-2H3,(H,11,12,13). The zero-order valence-electron chi connectivity index (χ0n) is 8.52. The molecule has 0 bridgehead atoms. The molecule has 5 heteroatoms. The van der Waals surface area contributed by atoms with E-state index in [9.17, 15) is 8.42 Å². The topological polar surface area (TPSA) is 63.6 Å². The second-order valence-corrected chi connectivity index (χ2v) is 4.65. The van der Waals surface area contributed by atoms with Gasteiger partial charge in [0.1, 0.15) is 5.75 Å². The SMILES string of the molecule is CCC(Oc1[c]cc(C)[c]c1)S(=O)(=O)O. The Bertz CT molecular complexity index is 408. The fourth-order valence-electron chi connectivity index (χ4n) is 1.01. The van der Waals surface area contributed by atoms with Gasteiger partial charge >= 0.3 is 10.1 Å². The van der Waals surface area contributed by atoms with Crippen molar-refractivity contribution in [3.63, 3.8) is 0 Å². The molecule has 0 amide bonds. The Morgan fingerprint density at radius 3 is 2.53 bits per heavy atom. The molecule has 1 aromatic carbocycles. The van der Waals surface area contributed by atoms with Crippen LogP contribution in [0.15, 0.2) is 12.1 Å². The van der Waals surface area contributed by atoms with Crippen LogP contribution in [0.1, 0.15) is 18.9 Å². The van der Waals surface area contributed by atoms with Crippen molar-refractivity contribution >= 4 is 10.1 Å². The molecule has 0 fully saturated rings. The van der Waals surface area contributed by atoms with Crippen molar-refractivity contribution in [2.45, 2.75) is 25.7 Å². The summed E-state index contributed by atoms with van der Waals surface area (Å²) in [6, 6.07) is 8.71. The number of rotatable bonds is 4. The summed E-state index contributed by atoms with van der Waals surface area (Å²) in [6.45, 7) is 3.44. The summed E-state index contributed by atoms with van der Waals surface area (Å²) in [4.78, 5) is 0. The van der Waals surface area contributed by atoms with Crippen molar-refractivity contribution in [2.24, 2.45) is 0 Å². The molecule has 1 N–H and O–H groups in total. The summed E-state index contributed by atoms with van der Waals surface area (Å²) in [6.07, 6.45) is 0.167. The van der Waals surface area contributed by atoms with E-state index < -0.39 is 15.6 Å². The molecule has 4 nitrogen and oxygen atoms in total. The Morgan fingerprint density at radius 1 is 1.47 bits per heavy atom. The molecule has 0 aliphatic heterocycles. The van der Waals surface area contributed by atoms with E-state index in [1.54, 1.807) is 13.0 Å². The summed E-state index contributed by atoms with van der Waals surface area (Å²) in [5, 5.41) is 0. The molecule has 0 saturated heterocycles. The average molecular weight is 228 g/mol. The van der Waals surface area contributed by atoms with Crippen LogP contribution in [0.5, 0.6) is 5.75 Å². The summed E-state index contributed by atoms with van der Waals surface area (Å²) in [5.74, 6) is 0.255. The molecular formula is C10H12O4S. The number of aryl methyl sites for hydroxylation is 1. The van der Waals surface area contributed by atoms with Crippen molar-refractivity contribution in [2.75, 3.05) is 0 Å². The van der Waals surface area contributed by atoms with E-state index in [1.807, 2.05) is 6.92 Å². The van der Waals surface area contributed by atoms with Crippen LogP contribution in [0.2, 0.25) is 0 Å². The van der Waals surface area contributed by atoms with Crippen molar-refractivity contribution < 1.29 is 17.7 Å². The highest BCUT2D eigenvalue weighted by atomic mass is 32.2. The van der Waals surface area contributed by atoms with Crippen LogP contribution in [-0.2, 0) is 10.1 Å². The number of hydrogen-bond acceptors (Lipinski definition) is 3. The summed E-state index contributed by atoms with van der Waals surface area (Å²) >= 11 is 0. The van der Waals surface area contributed by atoms with E-state index in [0.717, 1.165) is 5.56 Å². The van der Waals surface area contributed by atoms with E-state index in [0.29, 0.717) is 0 Å². The van der Waals surface area contributed by atoms with Gasteiger partial charge in [-0.2, -0.15) is 8.42 Å². The van der Waals surface area contributed by atoms with Gasteiger partial charge in [0.15, 0.2) is 0 Å². The first kappa shape index (κ1) is 12.0. The van der Waals surface area contributed by atoms with Gasteiger partial charge in [0.25, 0.3) is 0 Å². The van der Waals surface area contributed by atoms with Gasteiger partial charge in [0.05, 0.1) is 0 Å². The van der Waals surface area contributed by atoms with Crippen LogP contribution in [0.3, 0.4) is 0 Å². The van der Waals surface area contributed by atoms with E-state index in [4.69, 9.17) is 9.29 Å². The lowest BCUT2D eigenvalue weighted by atomic mass is 10.2. The van der Waals surface area contributed by atoms with Gasteiger partial charge in [0.2, 0.25) is 5.44 Å². The molecule has 0 aliphatic rings. The molecule has 1 atom stereocenters. The van der Waals surface area contributed by atoms with E-state index in [1.165, 1.54) is 6.07 Å². The molecule has 1 rings (SSSR count). The molecular weight excluding hydrogens is 216 g/mol. The highest BCUT2D eigenvalue weighted by Crippen LogP contribution is 2.15. The molecule has 0 heterocycles. The van der Waals surface area contributed by atoms with Crippen LogP contribution < -0.4 is 4.74 Å². The molecule has 0 aromatic heterocycles. The molecule has 2 radical (unpaired) electrons. The smallest absolute Gasteiger partial charge is 0.303 e. The maximum atomic E-state index is 10.8. The van der Waals surface area contributed by atoms with E-state index >= 15 is 0 Å². The zero-order valence-corrected chi connectivity index (χ0v) is 9.34. The van der Waals surface area contributed by atoms with E-state index in [-0.39, 0.29) is 12.2 Å². The minimum Gasteiger partial charge on any atom is -0.471 e. The summed E-state index contributed by atoms with van der Waals surface area (Å²) in [5.41, 5.74) is -0.368. The molecule has 15 heavy (non-hydrogen) atoms. The Morgan fingerprint density at radius 2 is 2.13 bits per heavy atom. The number of benzene rings is 1. The molecule has 0 spiro atoms.